The lowest BCUT2D eigenvalue weighted by Crippen LogP contribution is -2.16. The quantitative estimate of drug-likeness (QED) is 0.796. The molecule has 0 aliphatic heterocycles. The van der Waals surface area contributed by atoms with Crippen molar-refractivity contribution in [3.05, 3.63) is 83.0 Å². The summed E-state index contributed by atoms with van der Waals surface area (Å²) in [5.41, 5.74) is 1.90. The number of hydrogen-bond acceptors (Lipinski definition) is 4. The van der Waals surface area contributed by atoms with Gasteiger partial charge in [0.2, 0.25) is 10.0 Å². The Bertz CT molecular complexity index is 1140. The van der Waals surface area contributed by atoms with E-state index in [0.717, 1.165) is 17.7 Å². The van der Waals surface area contributed by atoms with Crippen LogP contribution in [0.25, 0.3) is 5.57 Å². The molecule has 136 valence electrons. The number of rotatable bonds is 3. The molecule has 1 aliphatic carbocycles. The fourth-order valence-electron chi connectivity index (χ4n) is 2.84. The number of halogens is 2. The molecule has 27 heavy (non-hydrogen) atoms. The summed E-state index contributed by atoms with van der Waals surface area (Å²) in [5.74, 6) is -2.79. The van der Waals surface area contributed by atoms with Gasteiger partial charge < -0.3 is 0 Å². The Hall–Kier alpha value is -2.73. The van der Waals surface area contributed by atoms with E-state index in [1.54, 1.807) is 36.4 Å². The summed E-state index contributed by atoms with van der Waals surface area (Å²) < 4.78 is 50.7. The van der Waals surface area contributed by atoms with Crippen molar-refractivity contribution in [1.82, 2.24) is 0 Å². The molecule has 0 saturated carbocycles. The largest absolute Gasteiger partial charge is 0.243 e. The van der Waals surface area contributed by atoms with Crippen molar-refractivity contribution in [3.63, 3.8) is 0 Å². The maximum Gasteiger partial charge on any atom is 0.243 e. The average Bonchev–Trinajstić information content (AvgIpc) is 2.59. The molecule has 0 heterocycles. The first-order valence-electron chi connectivity index (χ1n) is 7.66. The minimum absolute atomic E-state index is 0.139. The summed E-state index contributed by atoms with van der Waals surface area (Å²) in [5, 5.41) is 13.8. The number of benzene rings is 2. The average molecular weight is 402 g/mol. The summed E-state index contributed by atoms with van der Waals surface area (Å²) in [6.45, 7) is 0. The van der Waals surface area contributed by atoms with Crippen LogP contribution >= 0.6 is 12.2 Å². The first kappa shape index (κ1) is 19.0. The number of nitrogens with zero attached hydrogens (tertiary/aromatic N) is 1. The third kappa shape index (κ3) is 3.85. The molecule has 0 saturated heterocycles. The summed E-state index contributed by atoms with van der Waals surface area (Å²) in [6, 6.07) is 10.8. The standard InChI is InChI=1S/C19H12F2N2O2S2/c20-16-7-14(8-17(21)19(16)27(23,24)25)12-4-5-15(18(26)9-12)13-3-1-2-11(6-13)10-22/h1-9,15H,(H2,23,24,25). The van der Waals surface area contributed by atoms with E-state index < -0.39 is 26.6 Å². The Morgan fingerprint density at radius 2 is 1.81 bits per heavy atom. The molecule has 0 radical (unpaired) electrons. The van der Waals surface area contributed by atoms with E-state index in [2.05, 4.69) is 6.07 Å². The van der Waals surface area contributed by atoms with E-state index in [0.29, 0.717) is 16.0 Å². The Morgan fingerprint density at radius 1 is 1.15 bits per heavy atom. The van der Waals surface area contributed by atoms with Crippen molar-refractivity contribution in [1.29, 1.82) is 5.26 Å². The van der Waals surface area contributed by atoms with Gasteiger partial charge in [-0.25, -0.2) is 22.3 Å². The number of hydrogen-bond donors (Lipinski definition) is 1. The fraction of sp³-hybridized carbons (Fsp3) is 0.0526. The van der Waals surface area contributed by atoms with Crippen LogP contribution in [0.3, 0.4) is 0 Å². The fourth-order valence-corrected chi connectivity index (χ4v) is 3.84. The third-order valence-electron chi connectivity index (χ3n) is 4.06. The normalized spacial score (nSPS) is 16.7. The van der Waals surface area contributed by atoms with Crippen LogP contribution in [-0.4, -0.2) is 13.3 Å². The Balaban J connectivity index is 1.97. The molecule has 3 rings (SSSR count). The van der Waals surface area contributed by atoms with Crippen LogP contribution in [0.2, 0.25) is 0 Å². The molecule has 2 N–H and O–H groups in total. The lowest BCUT2D eigenvalue weighted by molar-refractivity contribution is 0.519. The zero-order valence-corrected chi connectivity index (χ0v) is 15.3. The van der Waals surface area contributed by atoms with Crippen LogP contribution in [0.15, 0.2) is 59.5 Å². The summed E-state index contributed by atoms with van der Waals surface area (Å²) in [4.78, 5) is -0.667. The van der Waals surface area contributed by atoms with Crippen molar-refractivity contribution >= 4 is 32.7 Å². The van der Waals surface area contributed by atoms with Gasteiger partial charge in [0.1, 0.15) is 11.6 Å². The SMILES string of the molecule is N#Cc1cccc(C2C=CC(c3cc(F)c(S(N)(=O)=O)c(F)c3)=CC2=S)c1. The number of sulfonamides is 1. The molecule has 2 aromatic carbocycles. The van der Waals surface area contributed by atoms with Gasteiger partial charge in [0, 0.05) is 10.8 Å². The van der Waals surface area contributed by atoms with Crippen molar-refractivity contribution in [3.8, 4) is 6.07 Å². The van der Waals surface area contributed by atoms with E-state index in [4.69, 9.17) is 22.6 Å². The van der Waals surface area contributed by atoms with Gasteiger partial charge in [-0.05, 0) is 47.0 Å². The lowest BCUT2D eigenvalue weighted by atomic mass is 9.87. The number of allylic oxidation sites excluding steroid dienone is 4. The predicted molar refractivity (Wildman–Crippen MR) is 101 cm³/mol. The molecule has 2 aromatic rings. The van der Waals surface area contributed by atoms with Crippen LogP contribution in [0.5, 0.6) is 0 Å². The molecule has 0 aromatic heterocycles. The number of thiocarbonyl (C=S) groups is 1. The molecular formula is C19H12F2N2O2S2. The number of primary sulfonamides is 1. The van der Waals surface area contributed by atoms with Crippen molar-refractivity contribution < 1.29 is 17.2 Å². The van der Waals surface area contributed by atoms with Gasteiger partial charge in [-0.3, -0.25) is 0 Å². The van der Waals surface area contributed by atoms with E-state index in [1.807, 2.05) is 6.07 Å². The number of nitriles is 1. The number of nitrogens with two attached hydrogens (primary N) is 1. The molecule has 0 bridgehead atoms. The Morgan fingerprint density at radius 3 is 2.37 bits per heavy atom. The van der Waals surface area contributed by atoms with E-state index >= 15 is 0 Å². The third-order valence-corrected chi connectivity index (χ3v) is 5.39. The minimum Gasteiger partial charge on any atom is -0.224 e. The van der Waals surface area contributed by atoms with E-state index in [-0.39, 0.29) is 11.5 Å². The van der Waals surface area contributed by atoms with Crippen molar-refractivity contribution in [2.75, 3.05) is 0 Å². The summed E-state index contributed by atoms with van der Waals surface area (Å²) >= 11 is 5.40. The van der Waals surface area contributed by atoms with Crippen LogP contribution in [-0.2, 0) is 10.0 Å². The second-order valence-corrected chi connectivity index (χ2v) is 7.86. The molecule has 0 fully saturated rings. The first-order valence-corrected chi connectivity index (χ1v) is 9.62. The van der Waals surface area contributed by atoms with Gasteiger partial charge >= 0.3 is 0 Å². The zero-order valence-electron chi connectivity index (χ0n) is 13.7. The molecular weight excluding hydrogens is 390 g/mol. The highest BCUT2D eigenvalue weighted by Gasteiger charge is 2.23. The molecule has 1 atom stereocenters. The predicted octanol–water partition coefficient (Wildman–Crippen LogP) is 3.59. The highest BCUT2D eigenvalue weighted by atomic mass is 32.2. The minimum atomic E-state index is -4.51. The second-order valence-electron chi connectivity index (χ2n) is 5.89. The van der Waals surface area contributed by atoms with Gasteiger partial charge in [0.05, 0.1) is 11.6 Å². The van der Waals surface area contributed by atoms with E-state index in [1.165, 1.54) is 0 Å². The molecule has 0 amide bonds. The highest BCUT2D eigenvalue weighted by Crippen LogP contribution is 2.31. The summed E-state index contributed by atoms with van der Waals surface area (Å²) in [7, 11) is -4.51. The smallest absolute Gasteiger partial charge is 0.224 e. The van der Waals surface area contributed by atoms with Gasteiger partial charge in [-0.2, -0.15) is 5.26 Å². The molecule has 4 nitrogen and oxygen atoms in total. The Labute approximate surface area is 160 Å². The van der Waals surface area contributed by atoms with E-state index in [9.17, 15) is 17.2 Å². The van der Waals surface area contributed by atoms with Gasteiger partial charge in [-0.15, -0.1) is 0 Å². The highest BCUT2D eigenvalue weighted by molar-refractivity contribution is 7.89. The van der Waals surface area contributed by atoms with Crippen LogP contribution < -0.4 is 5.14 Å². The van der Waals surface area contributed by atoms with Crippen molar-refractivity contribution in [2.45, 2.75) is 10.8 Å². The molecule has 1 aliphatic rings. The van der Waals surface area contributed by atoms with Gasteiger partial charge in [0.25, 0.3) is 0 Å². The molecule has 8 heteroatoms. The maximum atomic E-state index is 14.1. The first-order chi connectivity index (χ1) is 12.7. The Kier molecular flexibility index (Phi) is 5.02. The topological polar surface area (TPSA) is 83.9 Å². The lowest BCUT2D eigenvalue weighted by Gasteiger charge is -2.18. The summed E-state index contributed by atoms with van der Waals surface area (Å²) in [6.07, 6.45) is 4.99. The maximum absolute atomic E-state index is 14.1. The second kappa shape index (κ2) is 7.12. The zero-order chi connectivity index (χ0) is 19.8. The van der Waals surface area contributed by atoms with Crippen LogP contribution in [0.1, 0.15) is 22.6 Å². The van der Waals surface area contributed by atoms with Gasteiger partial charge in [0.15, 0.2) is 4.90 Å². The molecule has 1 unspecified atom stereocenters. The van der Waals surface area contributed by atoms with Crippen molar-refractivity contribution in [2.24, 2.45) is 5.14 Å². The monoisotopic (exact) mass is 402 g/mol. The van der Waals surface area contributed by atoms with Crippen LogP contribution in [0, 0.1) is 23.0 Å². The molecule has 0 spiro atoms. The van der Waals surface area contributed by atoms with Gasteiger partial charge in [-0.1, -0.05) is 36.5 Å². The van der Waals surface area contributed by atoms with Crippen LogP contribution in [0.4, 0.5) is 8.78 Å².